The van der Waals surface area contributed by atoms with Gasteiger partial charge in [0.15, 0.2) is 0 Å². The molecule has 15 heavy (non-hydrogen) atoms. The molecule has 0 aromatic heterocycles. The predicted octanol–water partition coefficient (Wildman–Crippen LogP) is 1.03. The highest BCUT2D eigenvalue weighted by Crippen LogP contribution is 2.16. The van der Waals surface area contributed by atoms with Crippen molar-refractivity contribution in [3.05, 3.63) is 30.3 Å². The van der Waals surface area contributed by atoms with Crippen molar-refractivity contribution in [2.75, 3.05) is 20.6 Å². The fourth-order valence-corrected chi connectivity index (χ4v) is 1.01. The van der Waals surface area contributed by atoms with E-state index in [-0.39, 0.29) is 0 Å². The van der Waals surface area contributed by atoms with Gasteiger partial charge in [0.25, 0.3) is 0 Å². The Labute approximate surface area is 91.6 Å². The Morgan fingerprint density at radius 1 is 1.27 bits per heavy atom. The summed E-state index contributed by atoms with van der Waals surface area (Å²) in [6.45, 7) is 4.30. The van der Waals surface area contributed by atoms with Crippen LogP contribution in [0.25, 0.3) is 0 Å². The molecule has 0 aliphatic carbocycles. The number of nitrogens with zero attached hydrogens (tertiary/aromatic N) is 1. The zero-order valence-corrected chi connectivity index (χ0v) is 9.86. The first-order valence-corrected chi connectivity index (χ1v) is 4.96. The minimum Gasteiger partial charge on any atom is -0.550 e. The lowest BCUT2D eigenvalue weighted by atomic mass is 10.2. The molecule has 0 amide bonds. The first-order chi connectivity index (χ1) is 6.90. The van der Waals surface area contributed by atoms with Crippen LogP contribution in [0, 0.1) is 0 Å². The Balaban J connectivity index is 0.000000423. The highest BCUT2D eigenvalue weighted by Gasteiger charge is 2.13. The highest BCUT2D eigenvalue weighted by molar-refractivity contribution is 5.60. The second-order valence-electron chi connectivity index (χ2n) is 3.83. The maximum absolute atomic E-state index is 8.89. The van der Waals surface area contributed by atoms with E-state index in [9.17, 15) is 0 Å². The van der Waals surface area contributed by atoms with Gasteiger partial charge >= 0.3 is 0 Å². The standard InChI is InChI=1S/C10H16N.C2H4O2/c1-4-11(2,3)10-8-6-5-7-9-10;1-2(3)4/h5-9H,4H2,1-3H3;1H3,(H,3,4)/q+1;/p-1. The average molecular weight is 209 g/mol. The van der Waals surface area contributed by atoms with E-state index < -0.39 is 5.97 Å². The molecule has 0 unspecified atom stereocenters. The molecule has 0 aliphatic rings. The Morgan fingerprint density at radius 3 is 2.00 bits per heavy atom. The zero-order valence-electron chi connectivity index (χ0n) is 9.86. The molecule has 3 heteroatoms. The number of carbonyl (C=O) groups excluding carboxylic acids is 1. The van der Waals surface area contributed by atoms with E-state index in [1.165, 1.54) is 5.69 Å². The topological polar surface area (TPSA) is 40.1 Å². The fraction of sp³-hybridized carbons (Fsp3) is 0.417. The SMILES string of the molecule is CC(=O)[O-].CC[N+](C)(C)c1ccccc1. The Hall–Kier alpha value is -1.35. The van der Waals surface area contributed by atoms with E-state index in [1.54, 1.807) is 0 Å². The maximum Gasteiger partial charge on any atom is 0.132 e. The Morgan fingerprint density at radius 2 is 1.67 bits per heavy atom. The minimum absolute atomic E-state index is 0.959. The molecule has 1 rings (SSSR count). The minimum atomic E-state index is -1.08. The summed E-state index contributed by atoms with van der Waals surface area (Å²) < 4.78 is 0.959. The number of para-hydroxylation sites is 1. The molecule has 0 aliphatic heterocycles. The van der Waals surface area contributed by atoms with Crippen LogP contribution in [0.4, 0.5) is 5.69 Å². The van der Waals surface area contributed by atoms with Crippen molar-refractivity contribution >= 4 is 11.7 Å². The van der Waals surface area contributed by atoms with Crippen LogP contribution < -0.4 is 9.59 Å². The third kappa shape index (κ3) is 5.86. The summed E-state index contributed by atoms with van der Waals surface area (Å²) in [5, 5.41) is 8.89. The van der Waals surface area contributed by atoms with Crippen LogP contribution in [-0.4, -0.2) is 26.6 Å². The second kappa shape index (κ2) is 6.19. The molecule has 0 N–H and O–H groups in total. The van der Waals surface area contributed by atoms with Crippen LogP contribution >= 0.6 is 0 Å². The summed E-state index contributed by atoms with van der Waals surface area (Å²) in [6.07, 6.45) is 0. The molecule has 1 aromatic carbocycles. The summed E-state index contributed by atoms with van der Waals surface area (Å²) in [5.41, 5.74) is 1.37. The molecule has 0 saturated carbocycles. The molecule has 0 heterocycles. The first-order valence-electron chi connectivity index (χ1n) is 4.96. The second-order valence-corrected chi connectivity index (χ2v) is 3.83. The van der Waals surface area contributed by atoms with Crippen LogP contribution in [0.15, 0.2) is 30.3 Å². The van der Waals surface area contributed by atoms with Crippen molar-refractivity contribution in [3.63, 3.8) is 0 Å². The molecule has 1 aromatic rings. The van der Waals surface area contributed by atoms with Gasteiger partial charge in [-0.25, -0.2) is 0 Å². The number of rotatable bonds is 2. The lowest BCUT2D eigenvalue weighted by molar-refractivity contribution is -0.302. The van der Waals surface area contributed by atoms with Crippen molar-refractivity contribution in [2.45, 2.75) is 13.8 Å². The van der Waals surface area contributed by atoms with E-state index in [4.69, 9.17) is 9.90 Å². The maximum atomic E-state index is 8.89. The molecule has 0 atom stereocenters. The van der Waals surface area contributed by atoms with E-state index in [0.29, 0.717) is 0 Å². The van der Waals surface area contributed by atoms with Crippen LogP contribution in [-0.2, 0) is 4.79 Å². The van der Waals surface area contributed by atoms with Crippen molar-refractivity contribution in [3.8, 4) is 0 Å². The van der Waals surface area contributed by atoms with Crippen LogP contribution in [0.3, 0.4) is 0 Å². The quantitative estimate of drug-likeness (QED) is 0.682. The van der Waals surface area contributed by atoms with Crippen molar-refractivity contribution in [1.82, 2.24) is 4.48 Å². The number of hydrogen-bond acceptors (Lipinski definition) is 2. The summed E-state index contributed by atoms with van der Waals surface area (Å²) in [5.74, 6) is -1.08. The Kier molecular flexibility index (Phi) is 5.64. The van der Waals surface area contributed by atoms with Crippen molar-refractivity contribution in [2.24, 2.45) is 0 Å². The molecular weight excluding hydrogens is 190 g/mol. The van der Waals surface area contributed by atoms with Gasteiger partial charge in [0, 0.05) is 5.97 Å². The number of carboxylic acids is 1. The smallest absolute Gasteiger partial charge is 0.132 e. The number of carbonyl (C=O) groups is 1. The van der Waals surface area contributed by atoms with Gasteiger partial charge in [-0.15, -0.1) is 0 Å². The van der Waals surface area contributed by atoms with Crippen LogP contribution in [0.5, 0.6) is 0 Å². The zero-order chi connectivity index (χ0) is 11.9. The van der Waals surface area contributed by atoms with Gasteiger partial charge in [-0.3, -0.25) is 4.48 Å². The van der Waals surface area contributed by atoms with E-state index >= 15 is 0 Å². The van der Waals surface area contributed by atoms with Gasteiger partial charge in [-0.2, -0.15) is 0 Å². The number of quaternary nitrogens is 1. The average Bonchev–Trinajstić information content (AvgIpc) is 2.18. The third-order valence-electron chi connectivity index (χ3n) is 2.25. The van der Waals surface area contributed by atoms with E-state index in [0.717, 1.165) is 18.0 Å². The third-order valence-corrected chi connectivity index (χ3v) is 2.25. The fourth-order valence-electron chi connectivity index (χ4n) is 1.01. The lowest BCUT2D eigenvalue weighted by Gasteiger charge is -2.27. The van der Waals surface area contributed by atoms with Crippen LogP contribution in [0.2, 0.25) is 0 Å². The van der Waals surface area contributed by atoms with Crippen LogP contribution in [0.1, 0.15) is 13.8 Å². The number of benzene rings is 1. The molecule has 0 bridgehead atoms. The van der Waals surface area contributed by atoms with Gasteiger partial charge in [0.2, 0.25) is 0 Å². The Bertz CT molecular complexity index is 290. The van der Waals surface area contributed by atoms with Gasteiger partial charge < -0.3 is 9.90 Å². The molecule has 0 fully saturated rings. The first kappa shape index (κ1) is 13.7. The number of hydrogen-bond donors (Lipinski definition) is 0. The molecule has 84 valence electrons. The van der Waals surface area contributed by atoms with Gasteiger partial charge in [0.1, 0.15) is 5.69 Å². The summed E-state index contributed by atoms with van der Waals surface area (Å²) >= 11 is 0. The lowest BCUT2D eigenvalue weighted by Crippen LogP contribution is -2.39. The molecule has 0 saturated heterocycles. The van der Waals surface area contributed by atoms with Gasteiger partial charge in [-0.05, 0) is 26.0 Å². The van der Waals surface area contributed by atoms with Crippen molar-refractivity contribution in [1.29, 1.82) is 0 Å². The summed E-state index contributed by atoms with van der Waals surface area (Å²) in [7, 11) is 4.44. The summed E-state index contributed by atoms with van der Waals surface area (Å²) in [6, 6.07) is 10.6. The highest BCUT2D eigenvalue weighted by atomic mass is 16.4. The number of carboxylic acid groups (broad SMARTS) is 1. The number of aliphatic carboxylic acids is 1. The van der Waals surface area contributed by atoms with E-state index in [1.807, 2.05) is 0 Å². The normalized spacial score (nSPS) is 10.1. The largest absolute Gasteiger partial charge is 0.550 e. The molecule has 3 nitrogen and oxygen atoms in total. The van der Waals surface area contributed by atoms with E-state index in [2.05, 4.69) is 51.4 Å². The monoisotopic (exact) mass is 209 g/mol. The van der Waals surface area contributed by atoms with Gasteiger partial charge in [0.05, 0.1) is 20.6 Å². The molecule has 0 spiro atoms. The predicted molar refractivity (Wildman–Crippen MR) is 61.3 cm³/mol. The summed E-state index contributed by atoms with van der Waals surface area (Å²) in [4.78, 5) is 8.89. The van der Waals surface area contributed by atoms with Crippen molar-refractivity contribution < 1.29 is 9.90 Å². The molecule has 0 radical (unpaired) electrons. The van der Waals surface area contributed by atoms with Gasteiger partial charge in [-0.1, -0.05) is 18.2 Å². The molecular formula is C12H19NO2.